The predicted molar refractivity (Wildman–Crippen MR) is 109 cm³/mol. The lowest BCUT2D eigenvalue weighted by Gasteiger charge is -2.19. The minimum absolute atomic E-state index is 0.0279. The summed E-state index contributed by atoms with van der Waals surface area (Å²) in [5, 5.41) is 0. The molecule has 3 aromatic rings. The monoisotopic (exact) mass is 350 g/mol. The van der Waals surface area contributed by atoms with Gasteiger partial charge in [0.25, 0.3) is 0 Å². The summed E-state index contributed by atoms with van der Waals surface area (Å²) in [4.78, 5) is 12.6. The second kappa shape index (κ2) is 7.71. The van der Waals surface area contributed by atoms with Crippen molar-refractivity contribution >= 4 is 17.3 Å². The molecule has 2 heteroatoms. The maximum Gasteiger partial charge on any atom is 0.186 e. The van der Waals surface area contributed by atoms with Gasteiger partial charge in [-0.05, 0) is 23.8 Å². The number of carbonyl (C=O) groups is 1. The average molecular weight is 350 g/mol. The first kappa shape index (κ1) is 16.8. The van der Waals surface area contributed by atoms with Crippen LogP contribution in [0.25, 0.3) is 11.5 Å². The third kappa shape index (κ3) is 3.96. The van der Waals surface area contributed by atoms with E-state index in [2.05, 4.69) is 0 Å². The molecule has 0 fully saturated rings. The van der Waals surface area contributed by atoms with Crippen molar-refractivity contribution in [1.29, 1.82) is 0 Å². The van der Waals surface area contributed by atoms with Gasteiger partial charge in [-0.2, -0.15) is 0 Å². The summed E-state index contributed by atoms with van der Waals surface area (Å²) >= 11 is 0. The normalized spacial score (nSPS) is 13.3. The van der Waals surface area contributed by atoms with Crippen LogP contribution >= 0.6 is 0 Å². The molecule has 0 aliphatic carbocycles. The zero-order valence-electron chi connectivity index (χ0n) is 14.7. The van der Waals surface area contributed by atoms with Crippen molar-refractivity contribution in [2.24, 2.45) is 0 Å². The Hall–Kier alpha value is -3.65. The minimum Gasteiger partial charge on any atom is -0.456 e. The van der Waals surface area contributed by atoms with Crippen LogP contribution in [-0.4, -0.2) is 5.78 Å². The fraction of sp³-hybridized carbons (Fsp3) is 0. The summed E-state index contributed by atoms with van der Waals surface area (Å²) in [7, 11) is 0. The predicted octanol–water partition coefficient (Wildman–Crippen LogP) is 5.91. The standard InChI is InChI=1S/C25H18O2/c26-23(20-10-4-1-5-11-20)16-19-17-24(21-12-6-2-7-13-21)27-25(18-19)22-14-8-3-9-15-22/h1-18H. The van der Waals surface area contributed by atoms with E-state index in [1.807, 2.05) is 103 Å². The Balaban J connectivity index is 1.75. The van der Waals surface area contributed by atoms with Crippen LogP contribution in [0.15, 0.2) is 115 Å². The highest BCUT2D eigenvalue weighted by Gasteiger charge is 2.15. The molecular weight excluding hydrogens is 332 g/mol. The maximum atomic E-state index is 12.6. The molecule has 4 rings (SSSR count). The van der Waals surface area contributed by atoms with Crippen LogP contribution in [0.3, 0.4) is 0 Å². The van der Waals surface area contributed by atoms with Crippen molar-refractivity contribution in [2.75, 3.05) is 0 Å². The number of ketones is 1. The molecule has 0 N–H and O–H groups in total. The third-order valence-electron chi connectivity index (χ3n) is 4.29. The third-order valence-corrected chi connectivity index (χ3v) is 4.29. The summed E-state index contributed by atoms with van der Waals surface area (Å²) in [5.74, 6) is 1.42. The van der Waals surface area contributed by atoms with E-state index in [4.69, 9.17) is 4.74 Å². The molecule has 0 amide bonds. The van der Waals surface area contributed by atoms with Crippen LogP contribution in [0.5, 0.6) is 0 Å². The van der Waals surface area contributed by atoms with E-state index in [0.717, 1.165) is 28.2 Å². The second-order valence-corrected chi connectivity index (χ2v) is 6.23. The molecule has 0 saturated carbocycles. The quantitative estimate of drug-likeness (QED) is 0.432. The number of hydrogen-bond acceptors (Lipinski definition) is 2. The zero-order chi connectivity index (χ0) is 18.5. The molecular formula is C25H18O2. The molecule has 0 spiro atoms. The molecule has 0 saturated heterocycles. The smallest absolute Gasteiger partial charge is 0.186 e. The van der Waals surface area contributed by atoms with E-state index in [0.29, 0.717) is 5.56 Å². The van der Waals surface area contributed by atoms with E-state index in [9.17, 15) is 4.79 Å². The van der Waals surface area contributed by atoms with Crippen LogP contribution < -0.4 is 0 Å². The summed E-state index contributed by atoms with van der Waals surface area (Å²) in [6.45, 7) is 0. The highest BCUT2D eigenvalue weighted by atomic mass is 16.5. The molecule has 130 valence electrons. The van der Waals surface area contributed by atoms with Crippen molar-refractivity contribution in [2.45, 2.75) is 0 Å². The highest BCUT2D eigenvalue weighted by Crippen LogP contribution is 2.32. The number of carbonyl (C=O) groups excluding carboxylic acids is 1. The van der Waals surface area contributed by atoms with E-state index in [1.165, 1.54) is 0 Å². The summed E-state index contributed by atoms with van der Waals surface area (Å²) < 4.78 is 6.15. The lowest BCUT2D eigenvalue weighted by atomic mass is 10.0. The number of rotatable bonds is 4. The summed E-state index contributed by atoms with van der Waals surface area (Å²) in [5.41, 5.74) is 3.42. The first-order valence-corrected chi connectivity index (χ1v) is 8.83. The van der Waals surface area contributed by atoms with Gasteiger partial charge in [-0.1, -0.05) is 91.0 Å². The molecule has 0 bridgehead atoms. The average Bonchev–Trinajstić information content (AvgIpc) is 2.75. The Morgan fingerprint density at radius 2 is 1.07 bits per heavy atom. The van der Waals surface area contributed by atoms with Gasteiger partial charge in [-0.3, -0.25) is 4.79 Å². The van der Waals surface area contributed by atoms with Gasteiger partial charge < -0.3 is 4.74 Å². The Morgan fingerprint density at radius 1 is 0.630 bits per heavy atom. The van der Waals surface area contributed by atoms with E-state index < -0.39 is 0 Å². The molecule has 1 heterocycles. The van der Waals surface area contributed by atoms with E-state index in [1.54, 1.807) is 6.08 Å². The molecule has 2 nitrogen and oxygen atoms in total. The Labute approximate surface area is 158 Å². The van der Waals surface area contributed by atoms with Crippen molar-refractivity contribution in [3.05, 3.63) is 131 Å². The number of benzene rings is 3. The van der Waals surface area contributed by atoms with Gasteiger partial charge in [0.15, 0.2) is 5.78 Å². The molecule has 3 aromatic carbocycles. The Kier molecular flexibility index (Phi) is 4.80. The number of hydrogen-bond donors (Lipinski definition) is 0. The first-order chi connectivity index (χ1) is 13.3. The second-order valence-electron chi connectivity index (χ2n) is 6.23. The number of ether oxygens (including phenoxy) is 1. The zero-order valence-corrected chi connectivity index (χ0v) is 14.7. The van der Waals surface area contributed by atoms with E-state index in [-0.39, 0.29) is 5.78 Å². The molecule has 27 heavy (non-hydrogen) atoms. The Bertz CT molecular complexity index is 970. The van der Waals surface area contributed by atoms with Crippen LogP contribution in [0, 0.1) is 0 Å². The van der Waals surface area contributed by atoms with Gasteiger partial charge in [-0.25, -0.2) is 0 Å². The molecule has 0 atom stereocenters. The molecule has 0 aromatic heterocycles. The van der Waals surface area contributed by atoms with Crippen molar-refractivity contribution in [3.63, 3.8) is 0 Å². The maximum absolute atomic E-state index is 12.6. The van der Waals surface area contributed by atoms with Crippen LogP contribution in [-0.2, 0) is 4.74 Å². The topological polar surface area (TPSA) is 26.3 Å². The number of allylic oxidation sites excluding steroid dienone is 4. The SMILES string of the molecule is O=C(C=C1C=C(c2ccccc2)OC(c2ccccc2)=C1)c1ccccc1. The highest BCUT2D eigenvalue weighted by molar-refractivity contribution is 6.05. The lowest BCUT2D eigenvalue weighted by Crippen LogP contribution is -2.02. The van der Waals surface area contributed by atoms with Gasteiger partial charge in [0.2, 0.25) is 0 Å². The lowest BCUT2D eigenvalue weighted by molar-refractivity contribution is 0.104. The van der Waals surface area contributed by atoms with E-state index >= 15 is 0 Å². The van der Waals surface area contributed by atoms with Crippen LogP contribution in [0.4, 0.5) is 0 Å². The minimum atomic E-state index is -0.0279. The summed E-state index contributed by atoms with van der Waals surface area (Å²) in [6, 6.07) is 29.1. The largest absolute Gasteiger partial charge is 0.456 e. The van der Waals surface area contributed by atoms with Crippen LogP contribution in [0.1, 0.15) is 21.5 Å². The molecule has 0 unspecified atom stereocenters. The fourth-order valence-electron chi connectivity index (χ4n) is 2.93. The molecule has 1 aliphatic rings. The molecule has 1 aliphatic heterocycles. The van der Waals surface area contributed by atoms with Gasteiger partial charge in [0, 0.05) is 16.7 Å². The summed E-state index contributed by atoms with van der Waals surface area (Å²) in [6.07, 6.45) is 5.47. The van der Waals surface area contributed by atoms with Crippen LogP contribution in [0.2, 0.25) is 0 Å². The van der Waals surface area contributed by atoms with Crippen molar-refractivity contribution < 1.29 is 9.53 Å². The molecule has 0 radical (unpaired) electrons. The van der Waals surface area contributed by atoms with Crippen molar-refractivity contribution in [1.82, 2.24) is 0 Å². The van der Waals surface area contributed by atoms with Gasteiger partial charge in [0.05, 0.1) is 0 Å². The van der Waals surface area contributed by atoms with Gasteiger partial charge in [-0.15, -0.1) is 0 Å². The van der Waals surface area contributed by atoms with Crippen molar-refractivity contribution in [3.8, 4) is 0 Å². The fourth-order valence-corrected chi connectivity index (χ4v) is 2.93. The van der Waals surface area contributed by atoms with Gasteiger partial charge >= 0.3 is 0 Å². The first-order valence-electron chi connectivity index (χ1n) is 8.83. The Morgan fingerprint density at radius 3 is 1.56 bits per heavy atom. The van der Waals surface area contributed by atoms with Gasteiger partial charge in [0.1, 0.15) is 11.5 Å².